The first-order chi connectivity index (χ1) is 6.59. The third-order valence-electron chi connectivity index (χ3n) is 2.58. The average Bonchev–Trinajstić information content (AvgIpc) is 2.51. The number of aryl methyl sites for hydroxylation is 1. The molecule has 1 atom stereocenters. The van der Waals surface area contributed by atoms with E-state index in [1.54, 1.807) is 11.3 Å². The van der Waals surface area contributed by atoms with Gasteiger partial charge in [0.2, 0.25) is 0 Å². The van der Waals surface area contributed by atoms with Gasteiger partial charge in [-0.25, -0.2) is 4.98 Å². The summed E-state index contributed by atoms with van der Waals surface area (Å²) in [5.74, 6) is 1.48. The minimum atomic E-state index is 0.731. The molecular formula is C11H20N2S. The lowest BCUT2D eigenvalue weighted by molar-refractivity contribution is 0.392. The molecule has 3 heteroatoms. The fourth-order valence-corrected chi connectivity index (χ4v) is 1.77. The fourth-order valence-electron chi connectivity index (χ4n) is 1.15. The summed E-state index contributed by atoms with van der Waals surface area (Å²) < 4.78 is 0. The molecule has 1 N–H and O–H groups in total. The van der Waals surface area contributed by atoms with Crippen molar-refractivity contribution in [3.05, 3.63) is 16.1 Å². The van der Waals surface area contributed by atoms with Crippen LogP contribution in [0, 0.1) is 18.8 Å². The molecule has 0 aliphatic carbocycles. The van der Waals surface area contributed by atoms with E-state index in [9.17, 15) is 0 Å². The van der Waals surface area contributed by atoms with Gasteiger partial charge in [-0.15, -0.1) is 11.3 Å². The molecule has 1 aromatic rings. The van der Waals surface area contributed by atoms with E-state index in [1.165, 1.54) is 5.69 Å². The van der Waals surface area contributed by atoms with E-state index < -0.39 is 0 Å². The van der Waals surface area contributed by atoms with Crippen molar-refractivity contribution < 1.29 is 0 Å². The number of nitrogens with zero attached hydrogens (tertiary/aromatic N) is 1. The number of thiazole rings is 1. The van der Waals surface area contributed by atoms with Crippen LogP contribution >= 0.6 is 11.3 Å². The Kier molecular flexibility index (Phi) is 4.55. The molecule has 1 rings (SSSR count). The molecule has 14 heavy (non-hydrogen) atoms. The summed E-state index contributed by atoms with van der Waals surface area (Å²) in [6.45, 7) is 10.8. The van der Waals surface area contributed by atoms with Crippen LogP contribution in [0.3, 0.4) is 0 Å². The van der Waals surface area contributed by atoms with Crippen LogP contribution in [0.4, 0.5) is 0 Å². The van der Waals surface area contributed by atoms with Crippen molar-refractivity contribution >= 4 is 11.3 Å². The van der Waals surface area contributed by atoms with Gasteiger partial charge in [-0.3, -0.25) is 0 Å². The van der Waals surface area contributed by atoms with Crippen molar-refractivity contribution in [2.24, 2.45) is 11.8 Å². The highest BCUT2D eigenvalue weighted by Gasteiger charge is 2.06. The molecule has 0 aliphatic rings. The third kappa shape index (κ3) is 3.76. The zero-order valence-electron chi connectivity index (χ0n) is 9.50. The van der Waals surface area contributed by atoms with Gasteiger partial charge in [-0.2, -0.15) is 0 Å². The highest BCUT2D eigenvalue weighted by molar-refractivity contribution is 7.09. The lowest BCUT2D eigenvalue weighted by Gasteiger charge is -2.15. The third-order valence-corrected chi connectivity index (χ3v) is 3.40. The number of hydrogen-bond donors (Lipinski definition) is 1. The number of hydrogen-bond acceptors (Lipinski definition) is 3. The Morgan fingerprint density at radius 2 is 2.14 bits per heavy atom. The highest BCUT2D eigenvalue weighted by Crippen LogP contribution is 2.09. The summed E-state index contributed by atoms with van der Waals surface area (Å²) in [5.41, 5.74) is 1.17. The van der Waals surface area contributed by atoms with Crippen molar-refractivity contribution in [3.8, 4) is 0 Å². The second-order valence-electron chi connectivity index (χ2n) is 4.21. The van der Waals surface area contributed by atoms with Crippen LogP contribution in [0.1, 0.15) is 31.5 Å². The predicted octanol–water partition coefficient (Wildman–Crippen LogP) is 2.83. The molecule has 0 bridgehead atoms. The van der Waals surface area contributed by atoms with Gasteiger partial charge in [0.25, 0.3) is 0 Å². The molecule has 1 heterocycles. The topological polar surface area (TPSA) is 24.9 Å². The SMILES string of the molecule is Cc1nc(CNCC(C)C(C)C)cs1. The van der Waals surface area contributed by atoms with Gasteiger partial charge in [0, 0.05) is 11.9 Å². The summed E-state index contributed by atoms with van der Waals surface area (Å²) in [4.78, 5) is 4.41. The van der Waals surface area contributed by atoms with Gasteiger partial charge in [0.15, 0.2) is 0 Å². The van der Waals surface area contributed by atoms with Crippen LogP contribution in [-0.2, 0) is 6.54 Å². The summed E-state index contributed by atoms with van der Waals surface area (Å²) in [7, 11) is 0. The molecule has 1 aromatic heterocycles. The fraction of sp³-hybridized carbons (Fsp3) is 0.727. The Hall–Kier alpha value is -0.410. The molecular weight excluding hydrogens is 192 g/mol. The molecule has 0 saturated heterocycles. The van der Waals surface area contributed by atoms with E-state index in [0.29, 0.717) is 0 Å². The van der Waals surface area contributed by atoms with Crippen LogP contribution < -0.4 is 5.32 Å². The van der Waals surface area contributed by atoms with Crippen molar-refractivity contribution in [3.63, 3.8) is 0 Å². The minimum Gasteiger partial charge on any atom is -0.311 e. The smallest absolute Gasteiger partial charge is 0.0897 e. The second-order valence-corrected chi connectivity index (χ2v) is 5.27. The zero-order valence-corrected chi connectivity index (χ0v) is 10.3. The largest absolute Gasteiger partial charge is 0.311 e. The van der Waals surface area contributed by atoms with Crippen molar-refractivity contribution in [2.75, 3.05) is 6.54 Å². The first-order valence-corrected chi connectivity index (χ1v) is 6.09. The van der Waals surface area contributed by atoms with Gasteiger partial charge < -0.3 is 5.32 Å². The molecule has 80 valence electrons. The predicted molar refractivity (Wildman–Crippen MR) is 62.6 cm³/mol. The van der Waals surface area contributed by atoms with E-state index >= 15 is 0 Å². The summed E-state index contributed by atoms with van der Waals surface area (Å²) >= 11 is 1.72. The van der Waals surface area contributed by atoms with Crippen molar-refractivity contribution in [1.82, 2.24) is 10.3 Å². The van der Waals surface area contributed by atoms with Gasteiger partial charge in [0.05, 0.1) is 10.7 Å². The van der Waals surface area contributed by atoms with Gasteiger partial charge in [0.1, 0.15) is 0 Å². The number of nitrogens with one attached hydrogen (secondary N) is 1. The number of rotatable bonds is 5. The summed E-state index contributed by atoms with van der Waals surface area (Å²) in [5, 5.41) is 6.72. The van der Waals surface area contributed by atoms with E-state index in [2.05, 4.69) is 36.5 Å². The average molecular weight is 212 g/mol. The quantitative estimate of drug-likeness (QED) is 0.812. The Labute approximate surface area is 90.8 Å². The van der Waals surface area contributed by atoms with E-state index in [-0.39, 0.29) is 0 Å². The maximum atomic E-state index is 4.41. The van der Waals surface area contributed by atoms with Crippen molar-refractivity contribution in [1.29, 1.82) is 0 Å². The first-order valence-electron chi connectivity index (χ1n) is 5.21. The molecule has 0 saturated carbocycles. The molecule has 1 unspecified atom stereocenters. The molecule has 2 nitrogen and oxygen atoms in total. The van der Waals surface area contributed by atoms with Crippen LogP contribution in [-0.4, -0.2) is 11.5 Å². The molecule has 0 radical (unpaired) electrons. The van der Waals surface area contributed by atoms with Crippen LogP contribution in [0.2, 0.25) is 0 Å². The standard InChI is InChI=1S/C11H20N2S/c1-8(2)9(3)5-12-6-11-7-14-10(4)13-11/h7-9,12H,5-6H2,1-4H3. The van der Waals surface area contributed by atoms with Crippen LogP contribution in [0.25, 0.3) is 0 Å². The summed E-state index contributed by atoms with van der Waals surface area (Å²) in [6, 6.07) is 0. The Morgan fingerprint density at radius 3 is 2.64 bits per heavy atom. The molecule has 0 aliphatic heterocycles. The molecule has 0 fully saturated rings. The lowest BCUT2D eigenvalue weighted by atomic mass is 9.98. The maximum Gasteiger partial charge on any atom is 0.0897 e. The number of aromatic nitrogens is 1. The first kappa shape index (κ1) is 11.7. The van der Waals surface area contributed by atoms with E-state index in [1.807, 2.05) is 6.92 Å². The second kappa shape index (κ2) is 5.47. The monoisotopic (exact) mass is 212 g/mol. The zero-order chi connectivity index (χ0) is 10.6. The Balaban J connectivity index is 2.22. The van der Waals surface area contributed by atoms with Crippen LogP contribution in [0.15, 0.2) is 5.38 Å². The highest BCUT2D eigenvalue weighted by atomic mass is 32.1. The molecule has 0 aromatic carbocycles. The maximum absolute atomic E-state index is 4.41. The normalized spacial score (nSPS) is 13.5. The van der Waals surface area contributed by atoms with E-state index in [0.717, 1.165) is 29.9 Å². The van der Waals surface area contributed by atoms with Gasteiger partial charge in [-0.05, 0) is 25.3 Å². The molecule has 0 spiro atoms. The minimum absolute atomic E-state index is 0.731. The van der Waals surface area contributed by atoms with Gasteiger partial charge >= 0.3 is 0 Å². The molecule has 0 amide bonds. The van der Waals surface area contributed by atoms with Crippen LogP contribution in [0.5, 0.6) is 0 Å². The Morgan fingerprint density at radius 1 is 1.43 bits per heavy atom. The summed E-state index contributed by atoms with van der Waals surface area (Å²) in [6.07, 6.45) is 0. The van der Waals surface area contributed by atoms with Crippen molar-refractivity contribution in [2.45, 2.75) is 34.2 Å². The Bertz CT molecular complexity index is 268. The lowest BCUT2D eigenvalue weighted by Crippen LogP contribution is -2.23. The van der Waals surface area contributed by atoms with E-state index in [4.69, 9.17) is 0 Å². The van der Waals surface area contributed by atoms with Gasteiger partial charge in [-0.1, -0.05) is 20.8 Å².